The van der Waals surface area contributed by atoms with Crippen LogP contribution < -0.4 is 0 Å². The standard InChI is InChI=1S/C9H19NOS2/c1-4-10(5-2)7-8-13-9(12)11-6-3/h4-8H2,1-3H3. The third kappa shape index (κ3) is 7.28. The Morgan fingerprint density at radius 1 is 1.31 bits per heavy atom. The molecular weight excluding hydrogens is 202 g/mol. The average Bonchev–Trinajstić information content (AvgIpc) is 2.13. The van der Waals surface area contributed by atoms with Gasteiger partial charge in [-0.05, 0) is 32.2 Å². The molecule has 0 aromatic heterocycles. The Morgan fingerprint density at radius 3 is 2.38 bits per heavy atom. The molecule has 0 atom stereocenters. The van der Waals surface area contributed by atoms with Crippen LogP contribution in [0.1, 0.15) is 20.8 Å². The van der Waals surface area contributed by atoms with E-state index in [9.17, 15) is 0 Å². The van der Waals surface area contributed by atoms with Crippen molar-refractivity contribution in [2.45, 2.75) is 20.8 Å². The molecule has 2 nitrogen and oxygen atoms in total. The van der Waals surface area contributed by atoms with Crippen molar-refractivity contribution >= 4 is 28.4 Å². The Morgan fingerprint density at radius 2 is 1.92 bits per heavy atom. The quantitative estimate of drug-likeness (QED) is 0.638. The van der Waals surface area contributed by atoms with E-state index < -0.39 is 0 Å². The van der Waals surface area contributed by atoms with Crippen molar-refractivity contribution in [3.8, 4) is 0 Å². The van der Waals surface area contributed by atoms with Crippen LogP contribution in [0.3, 0.4) is 0 Å². The van der Waals surface area contributed by atoms with E-state index in [0.717, 1.165) is 25.4 Å². The highest BCUT2D eigenvalue weighted by molar-refractivity contribution is 8.22. The zero-order chi connectivity index (χ0) is 10.1. The lowest BCUT2D eigenvalue weighted by Crippen LogP contribution is -2.25. The first-order chi connectivity index (χ1) is 6.24. The average molecular weight is 221 g/mol. The highest BCUT2D eigenvalue weighted by Gasteiger charge is 2.01. The van der Waals surface area contributed by atoms with Crippen LogP contribution >= 0.6 is 24.0 Å². The first kappa shape index (κ1) is 13.2. The highest BCUT2D eigenvalue weighted by Crippen LogP contribution is 2.06. The number of thioether (sulfide) groups is 1. The topological polar surface area (TPSA) is 12.5 Å². The van der Waals surface area contributed by atoms with Crippen LogP contribution in [0, 0.1) is 0 Å². The second-order valence-electron chi connectivity index (χ2n) is 2.56. The van der Waals surface area contributed by atoms with Gasteiger partial charge in [0.05, 0.1) is 6.61 Å². The first-order valence-electron chi connectivity index (χ1n) is 4.76. The molecule has 0 aliphatic heterocycles. The maximum Gasteiger partial charge on any atom is 0.219 e. The Bertz CT molecular complexity index is 138. The van der Waals surface area contributed by atoms with Gasteiger partial charge in [-0.2, -0.15) is 0 Å². The van der Waals surface area contributed by atoms with Crippen LogP contribution in [-0.4, -0.2) is 41.3 Å². The number of nitrogens with zero attached hydrogens (tertiary/aromatic N) is 1. The summed E-state index contributed by atoms with van der Waals surface area (Å²) in [4.78, 5) is 2.38. The third-order valence-corrected chi connectivity index (χ3v) is 3.00. The maximum absolute atomic E-state index is 5.17. The molecule has 13 heavy (non-hydrogen) atoms. The number of rotatable bonds is 6. The van der Waals surface area contributed by atoms with Gasteiger partial charge in [0.15, 0.2) is 0 Å². The van der Waals surface area contributed by atoms with Crippen molar-refractivity contribution in [1.29, 1.82) is 0 Å². The molecule has 0 radical (unpaired) electrons. The number of hydrogen-bond donors (Lipinski definition) is 0. The SMILES string of the molecule is CCOC(=S)SCCN(CC)CC. The van der Waals surface area contributed by atoms with E-state index in [2.05, 4.69) is 18.7 Å². The molecule has 0 N–H and O–H groups in total. The van der Waals surface area contributed by atoms with Crippen LogP contribution in [0.25, 0.3) is 0 Å². The Hall–Kier alpha value is 0.200. The molecular formula is C9H19NOS2. The van der Waals surface area contributed by atoms with E-state index in [1.165, 1.54) is 0 Å². The summed E-state index contributed by atoms with van der Waals surface area (Å²) in [6, 6.07) is 0. The predicted molar refractivity (Wildman–Crippen MR) is 64.5 cm³/mol. The molecule has 0 rings (SSSR count). The van der Waals surface area contributed by atoms with Gasteiger partial charge in [0.2, 0.25) is 4.38 Å². The molecule has 78 valence electrons. The Labute approximate surface area is 91.0 Å². The van der Waals surface area contributed by atoms with Crippen LogP contribution in [-0.2, 0) is 4.74 Å². The van der Waals surface area contributed by atoms with Gasteiger partial charge in [0, 0.05) is 12.3 Å². The Kier molecular flexibility index (Phi) is 8.92. The molecule has 0 heterocycles. The number of ether oxygens (including phenoxy) is 1. The van der Waals surface area contributed by atoms with Crippen molar-refractivity contribution in [2.75, 3.05) is 32.0 Å². The summed E-state index contributed by atoms with van der Waals surface area (Å²) in [6.07, 6.45) is 0. The van der Waals surface area contributed by atoms with Crippen molar-refractivity contribution < 1.29 is 4.74 Å². The lowest BCUT2D eigenvalue weighted by atomic mass is 10.5. The van der Waals surface area contributed by atoms with Crippen molar-refractivity contribution in [3.63, 3.8) is 0 Å². The van der Waals surface area contributed by atoms with Gasteiger partial charge in [-0.25, -0.2) is 0 Å². The molecule has 4 heteroatoms. The summed E-state index contributed by atoms with van der Waals surface area (Å²) in [5, 5.41) is 0. The van der Waals surface area contributed by atoms with E-state index in [1.807, 2.05) is 6.92 Å². The minimum atomic E-state index is 0.676. The summed E-state index contributed by atoms with van der Waals surface area (Å²) in [5.41, 5.74) is 0. The molecule has 0 aliphatic carbocycles. The van der Waals surface area contributed by atoms with Crippen molar-refractivity contribution in [1.82, 2.24) is 4.90 Å². The summed E-state index contributed by atoms with van der Waals surface area (Å²) in [5.74, 6) is 1.03. The zero-order valence-electron chi connectivity index (χ0n) is 8.71. The number of thiocarbonyl (C=S) groups is 1. The number of hydrogen-bond acceptors (Lipinski definition) is 4. The molecule has 0 spiro atoms. The van der Waals surface area contributed by atoms with Gasteiger partial charge in [0.25, 0.3) is 0 Å². The van der Waals surface area contributed by atoms with Crippen molar-refractivity contribution in [3.05, 3.63) is 0 Å². The summed E-state index contributed by atoms with van der Waals surface area (Å²) >= 11 is 6.63. The Balaban J connectivity index is 3.37. The maximum atomic E-state index is 5.17. The van der Waals surface area contributed by atoms with Crippen LogP contribution in [0.2, 0.25) is 0 Å². The van der Waals surface area contributed by atoms with E-state index in [1.54, 1.807) is 11.8 Å². The van der Waals surface area contributed by atoms with Gasteiger partial charge < -0.3 is 9.64 Å². The largest absolute Gasteiger partial charge is 0.479 e. The van der Waals surface area contributed by atoms with Gasteiger partial charge in [-0.1, -0.05) is 25.6 Å². The van der Waals surface area contributed by atoms with E-state index >= 15 is 0 Å². The van der Waals surface area contributed by atoms with Crippen LogP contribution in [0.5, 0.6) is 0 Å². The molecule has 0 amide bonds. The minimum Gasteiger partial charge on any atom is -0.479 e. The molecule has 0 fully saturated rings. The smallest absolute Gasteiger partial charge is 0.219 e. The van der Waals surface area contributed by atoms with Crippen LogP contribution in [0.4, 0.5) is 0 Å². The fourth-order valence-corrected chi connectivity index (χ4v) is 2.04. The monoisotopic (exact) mass is 221 g/mol. The molecule has 0 aromatic carbocycles. The van der Waals surface area contributed by atoms with E-state index in [-0.39, 0.29) is 0 Å². The fraction of sp³-hybridized carbons (Fsp3) is 0.889. The molecule has 0 saturated heterocycles. The van der Waals surface area contributed by atoms with Crippen LogP contribution in [0.15, 0.2) is 0 Å². The molecule has 0 saturated carbocycles. The highest BCUT2D eigenvalue weighted by atomic mass is 32.2. The summed E-state index contributed by atoms with van der Waals surface area (Å²) in [6.45, 7) is 10.3. The first-order valence-corrected chi connectivity index (χ1v) is 6.15. The fourth-order valence-electron chi connectivity index (χ4n) is 0.957. The van der Waals surface area contributed by atoms with Crippen molar-refractivity contribution in [2.24, 2.45) is 0 Å². The van der Waals surface area contributed by atoms with Gasteiger partial charge in [0.1, 0.15) is 0 Å². The van der Waals surface area contributed by atoms with E-state index in [4.69, 9.17) is 17.0 Å². The van der Waals surface area contributed by atoms with Gasteiger partial charge in [-0.15, -0.1) is 0 Å². The molecule has 0 aromatic rings. The molecule has 0 bridgehead atoms. The van der Waals surface area contributed by atoms with E-state index in [0.29, 0.717) is 11.0 Å². The lowest BCUT2D eigenvalue weighted by molar-refractivity contribution is 0.323. The second kappa shape index (κ2) is 8.78. The second-order valence-corrected chi connectivity index (χ2v) is 4.26. The normalized spacial score (nSPS) is 10.5. The van der Waals surface area contributed by atoms with Gasteiger partial charge in [-0.3, -0.25) is 0 Å². The third-order valence-electron chi connectivity index (χ3n) is 1.78. The predicted octanol–water partition coefficient (Wildman–Crippen LogP) is 2.38. The molecule has 0 aliphatic rings. The molecule has 0 unspecified atom stereocenters. The van der Waals surface area contributed by atoms with Gasteiger partial charge >= 0.3 is 0 Å². The summed E-state index contributed by atoms with van der Waals surface area (Å²) in [7, 11) is 0. The zero-order valence-corrected chi connectivity index (χ0v) is 10.3. The lowest BCUT2D eigenvalue weighted by Gasteiger charge is -2.17. The minimum absolute atomic E-state index is 0.676. The summed E-state index contributed by atoms with van der Waals surface area (Å²) < 4.78 is 5.84.